The number of rotatable bonds is 9. The van der Waals surface area contributed by atoms with Crippen molar-refractivity contribution in [2.45, 2.75) is 11.7 Å². The molecule has 4 aromatic rings. The van der Waals surface area contributed by atoms with Crippen LogP contribution >= 0.6 is 11.8 Å². The number of ether oxygens (including phenoxy) is 2. The molecule has 164 valence electrons. The highest BCUT2D eigenvalue weighted by Crippen LogP contribution is 2.27. The molecule has 0 fully saturated rings. The van der Waals surface area contributed by atoms with Gasteiger partial charge in [-0.2, -0.15) is 0 Å². The van der Waals surface area contributed by atoms with E-state index in [4.69, 9.17) is 9.47 Å². The van der Waals surface area contributed by atoms with E-state index in [-0.39, 0.29) is 18.3 Å². The number of thioether (sulfide) groups is 1. The number of carbonyl (C=O) groups is 1. The fourth-order valence-corrected chi connectivity index (χ4v) is 4.05. The molecule has 0 spiro atoms. The van der Waals surface area contributed by atoms with Crippen LogP contribution in [0, 0.1) is 5.82 Å². The summed E-state index contributed by atoms with van der Waals surface area (Å²) < 4.78 is 26.1. The van der Waals surface area contributed by atoms with Crippen molar-refractivity contribution in [2.75, 3.05) is 24.8 Å². The zero-order valence-electron chi connectivity index (χ0n) is 17.5. The maximum atomic E-state index is 13.1. The molecule has 0 bridgehead atoms. The van der Waals surface area contributed by atoms with Crippen LogP contribution in [0.15, 0.2) is 78.0 Å². The Kier molecular flexibility index (Phi) is 6.91. The number of halogens is 1. The van der Waals surface area contributed by atoms with Gasteiger partial charge in [-0.1, -0.05) is 36.0 Å². The Hall–Kier alpha value is -3.52. The normalized spacial score (nSPS) is 10.8. The Morgan fingerprint density at radius 1 is 1.03 bits per heavy atom. The van der Waals surface area contributed by atoms with Crippen molar-refractivity contribution in [3.05, 3.63) is 78.6 Å². The van der Waals surface area contributed by atoms with Gasteiger partial charge in [0, 0.05) is 11.4 Å². The molecule has 0 aliphatic rings. The van der Waals surface area contributed by atoms with Gasteiger partial charge in [0.2, 0.25) is 5.91 Å². The molecule has 0 unspecified atom stereocenters. The Bertz CT molecular complexity index is 1210. The van der Waals surface area contributed by atoms with E-state index in [1.807, 2.05) is 53.1 Å². The molecule has 0 radical (unpaired) electrons. The number of anilines is 1. The molecule has 1 heterocycles. The van der Waals surface area contributed by atoms with Gasteiger partial charge in [-0.25, -0.2) is 9.37 Å². The number of imidazole rings is 1. The van der Waals surface area contributed by atoms with Crippen molar-refractivity contribution < 1.29 is 18.7 Å². The number of para-hydroxylation sites is 4. The summed E-state index contributed by atoms with van der Waals surface area (Å²) >= 11 is 1.51. The third-order valence-electron chi connectivity index (χ3n) is 4.69. The first-order valence-electron chi connectivity index (χ1n) is 10.0. The molecule has 32 heavy (non-hydrogen) atoms. The maximum Gasteiger partial charge on any atom is 0.244 e. The Morgan fingerprint density at radius 3 is 2.53 bits per heavy atom. The molecular formula is C24H22FN3O3S. The molecule has 1 amide bonds. The average Bonchev–Trinajstić information content (AvgIpc) is 3.15. The van der Waals surface area contributed by atoms with Crippen LogP contribution in [0.4, 0.5) is 10.1 Å². The van der Waals surface area contributed by atoms with Crippen molar-refractivity contribution >= 4 is 34.4 Å². The zero-order valence-corrected chi connectivity index (χ0v) is 18.3. The predicted molar refractivity (Wildman–Crippen MR) is 124 cm³/mol. The van der Waals surface area contributed by atoms with E-state index in [9.17, 15) is 9.18 Å². The van der Waals surface area contributed by atoms with Crippen molar-refractivity contribution in [3.63, 3.8) is 0 Å². The third-order valence-corrected chi connectivity index (χ3v) is 5.63. The van der Waals surface area contributed by atoms with Gasteiger partial charge in [-0.3, -0.25) is 4.79 Å². The Labute approximate surface area is 189 Å². The fourth-order valence-electron chi connectivity index (χ4n) is 3.22. The lowest BCUT2D eigenvalue weighted by molar-refractivity contribution is -0.116. The van der Waals surface area contributed by atoms with Crippen LogP contribution in [-0.2, 0) is 11.3 Å². The van der Waals surface area contributed by atoms with E-state index >= 15 is 0 Å². The van der Waals surface area contributed by atoms with E-state index in [0.717, 1.165) is 16.2 Å². The number of benzene rings is 3. The molecule has 4 rings (SSSR count). The Morgan fingerprint density at radius 2 is 1.75 bits per heavy atom. The van der Waals surface area contributed by atoms with Crippen LogP contribution in [0.1, 0.15) is 0 Å². The van der Waals surface area contributed by atoms with Crippen LogP contribution in [0.2, 0.25) is 0 Å². The highest BCUT2D eigenvalue weighted by Gasteiger charge is 2.14. The summed E-state index contributed by atoms with van der Waals surface area (Å²) in [4.78, 5) is 17.3. The molecule has 0 saturated carbocycles. The van der Waals surface area contributed by atoms with E-state index in [1.54, 1.807) is 7.11 Å². The first kappa shape index (κ1) is 21.7. The SMILES string of the molecule is COc1ccccc1OCCSc1nc2ccccc2n1CC(=O)Nc1ccc(F)cc1. The minimum absolute atomic E-state index is 0.0909. The first-order chi connectivity index (χ1) is 15.6. The minimum atomic E-state index is -0.349. The summed E-state index contributed by atoms with van der Waals surface area (Å²) in [5, 5.41) is 3.52. The van der Waals surface area contributed by atoms with Crippen molar-refractivity contribution in [1.29, 1.82) is 0 Å². The van der Waals surface area contributed by atoms with Crippen LogP contribution in [0.25, 0.3) is 11.0 Å². The summed E-state index contributed by atoms with van der Waals surface area (Å²) in [6, 6.07) is 20.9. The molecule has 3 aromatic carbocycles. The summed E-state index contributed by atoms with van der Waals surface area (Å²) in [7, 11) is 1.61. The zero-order chi connectivity index (χ0) is 22.3. The van der Waals surface area contributed by atoms with Crippen LogP contribution in [-0.4, -0.2) is 34.9 Å². The van der Waals surface area contributed by atoms with Gasteiger partial charge in [0.25, 0.3) is 0 Å². The van der Waals surface area contributed by atoms with Crippen molar-refractivity contribution in [3.8, 4) is 11.5 Å². The van der Waals surface area contributed by atoms with Crippen molar-refractivity contribution in [2.24, 2.45) is 0 Å². The lowest BCUT2D eigenvalue weighted by Crippen LogP contribution is -2.19. The van der Waals surface area contributed by atoms with Gasteiger partial charge in [0.1, 0.15) is 12.4 Å². The van der Waals surface area contributed by atoms with Crippen molar-refractivity contribution in [1.82, 2.24) is 9.55 Å². The summed E-state index contributed by atoms with van der Waals surface area (Å²) in [6.07, 6.45) is 0. The van der Waals surface area contributed by atoms with Gasteiger partial charge >= 0.3 is 0 Å². The third kappa shape index (κ3) is 5.20. The number of hydrogen-bond donors (Lipinski definition) is 1. The van der Waals surface area contributed by atoms with E-state index in [1.165, 1.54) is 36.0 Å². The molecular weight excluding hydrogens is 429 g/mol. The molecule has 8 heteroatoms. The molecule has 0 atom stereocenters. The van der Waals surface area contributed by atoms with Gasteiger partial charge in [0.05, 0.1) is 24.8 Å². The van der Waals surface area contributed by atoms with Crippen LogP contribution in [0.3, 0.4) is 0 Å². The number of aromatic nitrogens is 2. The number of carbonyl (C=O) groups excluding carboxylic acids is 1. The number of nitrogens with zero attached hydrogens (tertiary/aromatic N) is 2. The summed E-state index contributed by atoms with van der Waals surface area (Å²) in [5.74, 6) is 1.44. The molecule has 6 nitrogen and oxygen atoms in total. The molecule has 1 aromatic heterocycles. The molecule has 0 aliphatic carbocycles. The summed E-state index contributed by atoms with van der Waals surface area (Å²) in [5.41, 5.74) is 2.23. The minimum Gasteiger partial charge on any atom is -0.493 e. The molecule has 0 aliphatic heterocycles. The standard InChI is InChI=1S/C24H22FN3O3S/c1-30-21-8-4-5-9-22(21)31-14-15-32-24-27-19-6-2-3-7-20(19)28(24)16-23(29)26-18-12-10-17(25)11-13-18/h2-13H,14-16H2,1H3,(H,26,29). The summed E-state index contributed by atoms with van der Waals surface area (Å²) in [6.45, 7) is 0.545. The predicted octanol–water partition coefficient (Wildman–Crippen LogP) is 4.99. The van der Waals surface area contributed by atoms with Gasteiger partial charge < -0.3 is 19.4 Å². The topological polar surface area (TPSA) is 65.4 Å². The second-order valence-electron chi connectivity index (χ2n) is 6.87. The second-order valence-corrected chi connectivity index (χ2v) is 7.93. The molecule has 1 N–H and O–H groups in total. The maximum absolute atomic E-state index is 13.1. The largest absolute Gasteiger partial charge is 0.493 e. The lowest BCUT2D eigenvalue weighted by atomic mass is 10.3. The van der Waals surface area contributed by atoms with Crippen LogP contribution < -0.4 is 14.8 Å². The monoisotopic (exact) mass is 451 g/mol. The average molecular weight is 452 g/mol. The number of amides is 1. The quantitative estimate of drug-likeness (QED) is 0.287. The smallest absolute Gasteiger partial charge is 0.244 e. The van der Waals surface area contributed by atoms with E-state index < -0.39 is 0 Å². The molecule has 0 saturated heterocycles. The number of fused-ring (bicyclic) bond motifs is 1. The second kappa shape index (κ2) is 10.2. The van der Waals surface area contributed by atoms with Crippen LogP contribution in [0.5, 0.6) is 11.5 Å². The number of hydrogen-bond acceptors (Lipinski definition) is 5. The van der Waals surface area contributed by atoms with Gasteiger partial charge in [-0.05, 0) is 48.5 Å². The lowest BCUT2D eigenvalue weighted by Gasteiger charge is -2.11. The van der Waals surface area contributed by atoms with E-state index in [0.29, 0.717) is 29.5 Å². The van der Waals surface area contributed by atoms with E-state index in [2.05, 4.69) is 10.3 Å². The first-order valence-corrected chi connectivity index (χ1v) is 11.0. The number of methoxy groups -OCH3 is 1. The van der Waals surface area contributed by atoms with Gasteiger partial charge in [-0.15, -0.1) is 0 Å². The highest BCUT2D eigenvalue weighted by atomic mass is 32.2. The Balaban J connectivity index is 1.44. The van der Waals surface area contributed by atoms with Gasteiger partial charge in [0.15, 0.2) is 16.7 Å². The highest BCUT2D eigenvalue weighted by molar-refractivity contribution is 7.99. The number of nitrogens with one attached hydrogen (secondary N) is 1. The fraction of sp³-hybridized carbons (Fsp3) is 0.167.